The van der Waals surface area contributed by atoms with E-state index in [1.165, 1.54) is 0 Å². The van der Waals surface area contributed by atoms with Gasteiger partial charge in [0.2, 0.25) is 0 Å². The number of hydrogen-bond acceptors (Lipinski definition) is 5. The van der Waals surface area contributed by atoms with Crippen LogP contribution >= 0.6 is 12.2 Å². The van der Waals surface area contributed by atoms with Crippen LogP contribution in [0.15, 0.2) is 30.3 Å². The highest BCUT2D eigenvalue weighted by atomic mass is 32.1. The molecule has 0 fully saturated rings. The molecule has 3 atom stereocenters. The predicted octanol–water partition coefficient (Wildman–Crippen LogP) is -0.520. The summed E-state index contributed by atoms with van der Waals surface area (Å²) in [6, 6.07) is 8.71. The Morgan fingerprint density at radius 3 is 2.19 bits per heavy atom. The number of rotatable bonds is 5. The van der Waals surface area contributed by atoms with Crippen molar-refractivity contribution in [3.8, 4) is 0 Å². The van der Waals surface area contributed by atoms with Crippen molar-refractivity contribution in [1.82, 2.24) is 0 Å². The van der Waals surface area contributed by atoms with Crippen LogP contribution in [0.1, 0.15) is 5.56 Å². The minimum absolute atomic E-state index is 0.139. The van der Waals surface area contributed by atoms with Gasteiger partial charge in [-0.15, -0.1) is 0 Å². The number of aliphatic hydroxyl groups is 4. The Morgan fingerprint density at radius 1 is 1.12 bits per heavy atom. The van der Waals surface area contributed by atoms with Gasteiger partial charge in [0, 0.05) is 0 Å². The van der Waals surface area contributed by atoms with Crippen molar-refractivity contribution in [3.63, 3.8) is 0 Å². The predicted molar refractivity (Wildman–Crippen MR) is 63.2 cm³/mol. The Kier molecular flexibility index (Phi) is 4.98. The molecule has 16 heavy (non-hydrogen) atoms. The fourth-order valence-electron chi connectivity index (χ4n) is 1.25. The second kappa shape index (κ2) is 6.03. The van der Waals surface area contributed by atoms with Crippen molar-refractivity contribution in [2.24, 2.45) is 0 Å². The van der Waals surface area contributed by atoms with Crippen LogP contribution in [-0.2, 0) is 0 Å². The van der Waals surface area contributed by atoms with Gasteiger partial charge in [0.05, 0.1) is 11.5 Å². The van der Waals surface area contributed by atoms with Gasteiger partial charge in [-0.3, -0.25) is 0 Å². The number of hydrogen-bond donors (Lipinski definition) is 4. The monoisotopic (exact) mass is 242 g/mol. The molecule has 1 aromatic carbocycles. The molecule has 0 saturated heterocycles. The molecule has 1 rings (SSSR count). The smallest absolute Gasteiger partial charge is 0.118 e. The summed E-state index contributed by atoms with van der Waals surface area (Å²) in [4.78, 5) is 0.139. The normalized spacial score (nSPS) is 16.5. The molecular weight excluding hydrogens is 228 g/mol. The van der Waals surface area contributed by atoms with Crippen molar-refractivity contribution < 1.29 is 20.4 Å². The molecule has 0 aliphatic heterocycles. The van der Waals surface area contributed by atoms with Gasteiger partial charge in [-0.2, -0.15) is 0 Å². The quantitative estimate of drug-likeness (QED) is 0.413. The molecule has 0 saturated carbocycles. The van der Waals surface area contributed by atoms with Gasteiger partial charge in [0.25, 0.3) is 0 Å². The van der Waals surface area contributed by atoms with Gasteiger partial charge in [0.1, 0.15) is 18.3 Å². The van der Waals surface area contributed by atoms with E-state index in [2.05, 4.69) is 0 Å². The average molecular weight is 242 g/mol. The molecule has 0 aliphatic rings. The van der Waals surface area contributed by atoms with Crippen LogP contribution in [0.5, 0.6) is 0 Å². The van der Waals surface area contributed by atoms with E-state index in [9.17, 15) is 15.3 Å². The van der Waals surface area contributed by atoms with Crippen LogP contribution in [0.4, 0.5) is 0 Å². The zero-order valence-electron chi connectivity index (χ0n) is 8.52. The van der Waals surface area contributed by atoms with Gasteiger partial charge in [-0.25, -0.2) is 0 Å². The molecular formula is C11H14O4S. The van der Waals surface area contributed by atoms with E-state index in [0.29, 0.717) is 5.56 Å². The lowest BCUT2D eigenvalue weighted by Crippen LogP contribution is -2.43. The van der Waals surface area contributed by atoms with E-state index >= 15 is 0 Å². The zero-order chi connectivity index (χ0) is 12.1. The molecule has 0 unspecified atom stereocenters. The lowest BCUT2D eigenvalue weighted by Gasteiger charge is -2.22. The Hall–Kier alpha value is -0.850. The third-order valence-corrected chi connectivity index (χ3v) is 2.71. The summed E-state index contributed by atoms with van der Waals surface area (Å²) < 4.78 is 0. The first-order chi connectivity index (χ1) is 7.57. The fraction of sp³-hybridized carbons (Fsp3) is 0.364. The number of benzene rings is 1. The first-order valence-corrected chi connectivity index (χ1v) is 5.23. The van der Waals surface area contributed by atoms with Crippen LogP contribution in [0.25, 0.3) is 0 Å². The van der Waals surface area contributed by atoms with E-state index < -0.39 is 24.9 Å². The van der Waals surface area contributed by atoms with Gasteiger partial charge >= 0.3 is 0 Å². The molecule has 0 aliphatic carbocycles. The molecule has 0 bridgehead atoms. The fourth-order valence-corrected chi connectivity index (χ4v) is 1.52. The third-order valence-electron chi connectivity index (χ3n) is 2.23. The Bertz CT molecular complexity index is 341. The molecule has 4 nitrogen and oxygen atoms in total. The summed E-state index contributed by atoms with van der Waals surface area (Å²) in [5, 5.41) is 37.0. The molecule has 0 heterocycles. The second-order valence-electron chi connectivity index (χ2n) is 3.42. The van der Waals surface area contributed by atoms with E-state index in [-0.39, 0.29) is 4.86 Å². The first kappa shape index (κ1) is 13.2. The molecule has 0 aromatic heterocycles. The van der Waals surface area contributed by atoms with Crippen LogP contribution in [0, 0.1) is 0 Å². The second-order valence-corrected chi connectivity index (χ2v) is 3.86. The molecule has 0 amide bonds. The summed E-state index contributed by atoms with van der Waals surface area (Å²) in [6.07, 6.45) is -4.27. The van der Waals surface area contributed by atoms with E-state index in [4.69, 9.17) is 17.3 Å². The SMILES string of the molecule is OC[C@@H](O)[C@H](O)[C@@H](O)C(=S)c1ccccc1. The van der Waals surface area contributed by atoms with E-state index in [1.807, 2.05) is 0 Å². The van der Waals surface area contributed by atoms with Gasteiger partial charge < -0.3 is 20.4 Å². The Labute approximate surface area is 98.8 Å². The summed E-state index contributed by atoms with van der Waals surface area (Å²) >= 11 is 4.98. The van der Waals surface area contributed by atoms with Crippen molar-refractivity contribution >= 4 is 17.1 Å². The Balaban J connectivity index is 2.75. The van der Waals surface area contributed by atoms with Crippen molar-refractivity contribution in [2.45, 2.75) is 18.3 Å². The standard InChI is InChI=1S/C11H14O4S/c12-6-8(13)9(14)10(15)11(16)7-4-2-1-3-5-7/h1-5,8-10,12-15H,6H2/t8-,9+,10-/m1/s1. The average Bonchev–Trinajstić information content (AvgIpc) is 2.36. The zero-order valence-corrected chi connectivity index (χ0v) is 9.34. The number of aliphatic hydroxyl groups excluding tert-OH is 4. The lowest BCUT2D eigenvalue weighted by atomic mass is 10.0. The van der Waals surface area contributed by atoms with Crippen LogP contribution in [0.3, 0.4) is 0 Å². The van der Waals surface area contributed by atoms with Crippen molar-refractivity contribution in [2.75, 3.05) is 6.61 Å². The molecule has 5 heteroatoms. The first-order valence-electron chi connectivity index (χ1n) is 4.82. The maximum Gasteiger partial charge on any atom is 0.118 e. The summed E-state index contributed by atoms with van der Waals surface area (Å²) in [5.41, 5.74) is 0.606. The summed E-state index contributed by atoms with van der Waals surface area (Å²) in [6.45, 7) is -0.629. The molecule has 0 spiro atoms. The topological polar surface area (TPSA) is 80.9 Å². The van der Waals surface area contributed by atoms with Gasteiger partial charge in [0.15, 0.2) is 0 Å². The summed E-state index contributed by atoms with van der Waals surface area (Å²) in [7, 11) is 0. The minimum atomic E-state index is -1.49. The molecule has 4 N–H and O–H groups in total. The van der Waals surface area contributed by atoms with Crippen LogP contribution < -0.4 is 0 Å². The minimum Gasteiger partial charge on any atom is -0.394 e. The third kappa shape index (κ3) is 3.07. The maximum absolute atomic E-state index is 9.68. The van der Waals surface area contributed by atoms with Crippen LogP contribution in [-0.4, -0.2) is 50.2 Å². The highest BCUT2D eigenvalue weighted by molar-refractivity contribution is 7.81. The molecule has 0 radical (unpaired) electrons. The van der Waals surface area contributed by atoms with Crippen molar-refractivity contribution in [3.05, 3.63) is 35.9 Å². The molecule has 88 valence electrons. The maximum atomic E-state index is 9.68. The van der Waals surface area contributed by atoms with Crippen LogP contribution in [0.2, 0.25) is 0 Å². The highest BCUT2D eigenvalue weighted by Gasteiger charge is 2.27. The van der Waals surface area contributed by atoms with Crippen molar-refractivity contribution in [1.29, 1.82) is 0 Å². The molecule has 1 aromatic rings. The number of thiocarbonyl (C=S) groups is 1. The highest BCUT2D eigenvalue weighted by Crippen LogP contribution is 2.10. The van der Waals surface area contributed by atoms with Gasteiger partial charge in [-0.1, -0.05) is 42.5 Å². The Morgan fingerprint density at radius 2 is 1.69 bits per heavy atom. The van der Waals surface area contributed by atoms with E-state index in [0.717, 1.165) is 0 Å². The van der Waals surface area contributed by atoms with E-state index in [1.54, 1.807) is 30.3 Å². The lowest BCUT2D eigenvalue weighted by molar-refractivity contribution is -0.0546. The largest absolute Gasteiger partial charge is 0.394 e. The van der Waals surface area contributed by atoms with Gasteiger partial charge in [-0.05, 0) is 5.56 Å². The summed E-state index contributed by atoms with van der Waals surface area (Å²) in [5.74, 6) is 0.